The van der Waals surface area contributed by atoms with Crippen molar-refractivity contribution in [1.29, 1.82) is 0 Å². The van der Waals surface area contributed by atoms with E-state index in [-0.39, 0.29) is 6.03 Å². The number of hydrogen-bond acceptors (Lipinski definition) is 2. The molecule has 5 nitrogen and oxygen atoms in total. The van der Waals surface area contributed by atoms with E-state index in [1.807, 2.05) is 9.80 Å². The highest BCUT2D eigenvalue weighted by atomic mass is 16.4. The largest absolute Gasteiger partial charge is 0.481 e. The number of carbonyl (C=O) groups is 2. The van der Waals surface area contributed by atoms with Crippen molar-refractivity contribution in [2.45, 2.75) is 64.8 Å². The van der Waals surface area contributed by atoms with Crippen molar-refractivity contribution >= 4 is 12.0 Å². The number of likely N-dealkylation sites (tertiary alicyclic amines) is 2. The van der Waals surface area contributed by atoms with E-state index in [4.69, 9.17) is 0 Å². The minimum Gasteiger partial charge on any atom is -0.481 e. The van der Waals surface area contributed by atoms with Gasteiger partial charge in [0.15, 0.2) is 0 Å². The standard InChI is InChI=1S/C16H28N2O3/c1-3-13-7-5-4-6-10-18(13)15(21)17-11-8-16(2,9-12-17)14(19)20/h13H,3-12H2,1-2H3,(H,19,20). The summed E-state index contributed by atoms with van der Waals surface area (Å²) in [6.07, 6.45) is 6.71. The van der Waals surface area contributed by atoms with E-state index in [2.05, 4.69) is 6.92 Å². The lowest BCUT2D eigenvalue weighted by atomic mass is 9.80. The van der Waals surface area contributed by atoms with Gasteiger partial charge in [0, 0.05) is 25.7 Å². The van der Waals surface area contributed by atoms with E-state index in [0.29, 0.717) is 32.0 Å². The van der Waals surface area contributed by atoms with Gasteiger partial charge in [-0.1, -0.05) is 19.8 Å². The van der Waals surface area contributed by atoms with E-state index in [1.54, 1.807) is 6.92 Å². The second kappa shape index (κ2) is 6.67. The van der Waals surface area contributed by atoms with Gasteiger partial charge in [-0.25, -0.2) is 4.79 Å². The topological polar surface area (TPSA) is 60.9 Å². The first-order valence-corrected chi connectivity index (χ1v) is 8.27. The fraction of sp³-hybridized carbons (Fsp3) is 0.875. The number of urea groups is 1. The van der Waals surface area contributed by atoms with Gasteiger partial charge in [-0.3, -0.25) is 4.79 Å². The number of carboxylic acids is 1. The summed E-state index contributed by atoms with van der Waals surface area (Å²) in [5, 5.41) is 9.27. The summed E-state index contributed by atoms with van der Waals surface area (Å²) < 4.78 is 0. The van der Waals surface area contributed by atoms with Crippen LogP contribution in [0.15, 0.2) is 0 Å². The summed E-state index contributed by atoms with van der Waals surface area (Å²) in [4.78, 5) is 27.9. The predicted octanol–water partition coefficient (Wildman–Crippen LogP) is 2.95. The highest BCUT2D eigenvalue weighted by Crippen LogP contribution is 2.32. The molecular weight excluding hydrogens is 268 g/mol. The zero-order valence-electron chi connectivity index (χ0n) is 13.3. The number of carbonyl (C=O) groups excluding carboxylic acids is 1. The number of piperidine rings is 1. The molecule has 1 unspecified atom stereocenters. The van der Waals surface area contributed by atoms with Crippen molar-refractivity contribution in [2.24, 2.45) is 5.41 Å². The summed E-state index contributed by atoms with van der Waals surface area (Å²) in [7, 11) is 0. The average Bonchev–Trinajstić information content (AvgIpc) is 2.72. The molecule has 2 fully saturated rings. The zero-order valence-corrected chi connectivity index (χ0v) is 13.3. The Hall–Kier alpha value is -1.26. The third-order valence-electron chi connectivity index (χ3n) is 5.25. The fourth-order valence-electron chi connectivity index (χ4n) is 3.44. The Morgan fingerprint density at radius 3 is 2.38 bits per heavy atom. The minimum absolute atomic E-state index is 0.121. The van der Waals surface area contributed by atoms with Crippen LogP contribution in [0, 0.1) is 5.41 Å². The molecule has 0 bridgehead atoms. The molecule has 2 saturated heterocycles. The van der Waals surface area contributed by atoms with Crippen LogP contribution in [0.1, 0.15) is 58.8 Å². The Labute approximate surface area is 127 Å². The van der Waals surface area contributed by atoms with E-state index < -0.39 is 11.4 Å². The maximum atomic E-state index is 12.8. The SMILES string of the molecule is CCC1CCCCCN1C(=O)N1CCC(C)(C(=O)O)CC1. The van der Waals surface area contributed by atoms with Gasteiger partial charge < -0.3 is 14.9 Å². The molecule has 2 amide bonds. The highest BCUT2D eigenvalue weighted by molar-refractivity contribution is 5.77. The van der Waals surface area contributed by atoms with Crippen LogP contribution in [0.25, 0.3) is 0 Å². The summed E-state index contributed by atoms with van der Waals surface area (Å²) in [5.41, 5.74) is -0.667. The number of nitrogens with zero attached hydrogens (tertiary/aromatic N) is 2. The molecule has 0 spiro atoms. The molecule has 5 heteroatoms. The Morgan fingerprint density at radius 1 is 1.14 bits per heavy atom. The maximum Gasteiger partial charge on any atom is 0.320 e. The van der Waals surface area contributed by atoms with Crippen molar-refractivity contribution in [2.75, 3.05) is 19.6 Å². The first kappa shape index (κ1) is 16.1. The predicted molar refractivity (Wildman–Crippen MR) is 81.2 cm³/mol. The van der Waals surface area contributed by atoms with Gasteiger partial charge in [-0.05, 0) is 39.0 Å². The Bertz CT molecular complexity index is 389. The monoisotopic (exact) mass is 296 g/mol. The van der Waals surface area contributed by atoms with Gasteiger partial charge in [0.2, 0.25) is 0 Å². The number of rotatable bonds is 2. The van der Waals surface area contributed by atoms with Crippen LogP contribution in [0.2, 0.25) is 0 Å². The van der Waals surface area contributed by atoms with Gasteiger partial charge in [0.1, 0.15) is 0 Å². The van der Waals surface area contributed by atoms with Crippen LogP contribution in [0.3, 0.4) is 0 Å². The zero-order chi connectivity index (χ0) is 15.5. The number of amides is 2. The molecule has 1 atom stereocenters. The summed E-state index contributed by atoms with van der Waals surface area (Å²) in [5.74, 6) is -0.740. The third-order valence-corrected chi connectivity index (χ3v) is 5.25. The minimum atomic E-state index is -0.740. The van der Waals surface area contributed by atoms with Crippen molar-refractivity contribution in [3.05, 3.63) is 0 Å². The fourth-order valence-corrected chi connectivity index (χ4v) is 3.44. The lowest BCUT2D eigenvalue weighted by molar-refractivity contribution is -0.150. The Balaban J connectivity index is 1.98. The lowest BCUT2D eigenvalue weighted by Gasteiger charge is -2.40. The molecule has 2 aliphatic rings. The Morgan fingerprint density at radius 2 is 1.81 bits per heavy atom. The van der Waals surface area contributed by atoms with E-state index in [9.17, 15) is 14.7 Å². The molecule has 0 saturated carbocycles. The molecule has 2 heterocycles. The van der Waals surface area contributed by atoms with Crippen molar-refractivity contribution < 1.29 is 14.7 Å². The van der Waals surface area contributed by atoms with Gasteiger partial charge in [0.25, 0.3) is 0 Å². The van der Waals surface area contributed by atoms with E-state index in [0.717, 1.165) is 25.8 Å². The summed E-state index contributed by atoms with van der Waals surface area (Å²) in [6.45, 7) is 5.92. The van der Waals surface area contributed by atoms with Gasteiger partial charge >= 0.3 is 12.0 Å². The second-order valence-electron chi connectivity index (χ2n) is 6.74. The number of carboxylic acid groups (broad SMARTS) is 1. The molecular formula is C16H28N2O3. The normalized spacial score (nSPS) is 26.3. The summed E-state index contributed by atoms with van der Waals surface area (Å²) in [6, 6.07) is 0.476. The number of aliphatic carboxylic acids is 1. The smallest absolute Gasteiger partial charge is 0.320 e. The molecule has 0 aromatic rings. The van der Waals surface area contributed by atoms with Crippen molar-refractivity contribution in [3.8, 4) is 0 Å². The molecule has 0 aromatic carbocycles. The molecule has 0 radical (unpaired) electrons. The third kappa shape index (κ3) is 3.50. The van der Waals surface area contributed by atoms with Crippen LogP contribution in [0.5, 0.6) is 0 Å². The second-order valence-corrected chi connectivity index (χ2v) is 6.74. The first-order chi connectivity index (χ1) is 9.98. The van der Waals surface area contributed by atoms with Gasteiger partial charge in [0.05, 0.1) is 5.41 Å². The van der Waals surface area contributed by atoms with Crippen LogP contribution >= 0.6 is 0 Å². The van der Waals surface area contributed by atoms with Crippen LogP contribution in [0.4, 0.5) is 4.79 Å². The molecule has 0 aliphatic carbocycles. The van der Waals surface area contributed by atoms with Crippen LogP contribution in [-0.2, 0) is 4.79 Å². The highest BCUT2D eigenvalue weighted by Gasteiger charge is 2.39. The quantitative estimate of drug-likeness (QED) is 0.852. The van der Waals surface area contributed by atoms with E-state index >= 15 is 0 Å². The van der Waals surface area contributed by atoms with E-state index in [1.165, 1.54) is 12.8 Å². The summed E-state index contributed by atoms with van der Waals surface area (Å²) >= 11 is 0. The van der Waals surface area contributed by atoms with Crippen molar-refractivity contribution in [3.63, 3.8) is 0 Å². The number of hydrogen-bond donors (Lipinski definition) is 1. The molecule has 1 N–H and O–H groups in total. The van der Waals surface area contributed by atoms with Crippen LogP contribution < -0.4 is 0 Å². The molecule has 120 valence electrons. The first-order valence-electron chi connectivity index (χ1n) is 8.27. The average molecular weight is 296 g/mol. The van der Waals surface area contributed by atoms with Gasteiger partial charge in [-0.2, -0.15) is 0 Å². The maximum absolute atomic E-state index is 12.8. The van der Waals surface area contributed by atoms with Gasteiger partial charge in [-0.15, -0.1) is 0 Å². The van der Waals surface area contributed by atoms with Crippen LogP contribution in [-0.4, -0.2) is 52.6 Å². The lowest BCUT2D eigenvalue weighted by Crippen LogP contribution is -2.52. The van der Waals surface area contributed by atoms with Crippen molar-refractivity contribution in [1.82, 2.24) is 9.80 Å². The molecule has 0 aromatic heterocycles. The molecule has 21 heavy (non-hydrogen) atoms. The Kier molecular flexibility index (Phi) is 5.12. The molecule has 2 rings (SSSR count). The molecule has 2 aliphatic heterocycles.